The summed E-state index contributed by atoms with van der Waals surface area (Å²) in [5, 5.41) is 5.45. The van der Waals surface area contributed by atoms with Crippen molar-refractivity contribution in [2.24, 2.45) is 10.8 Å². The van der Waals surface area contributed by atoms with Gasteiger partial charge in [-0.25, -0.2) is 4.79 Å². The summed E-state index contributed by atoms with van der Waals surface area (Å²) in [5.41, 5.74) is -0.534. The molecular weight excluding hydrogens is 308 g/mol. The number of rotatable bonds is 3. The number of carbonyl (C=O) groups excluding carboxylic acids is 3. The summed E-state index contributed by atoms with van der Waals surface area (Å²) >= 11 is 0. The summed E-state index contributed by atoms with van der Waals surface area (Å²) in [4.78, 5) is 36.7. The lowest BCUT2D eigenvalue weighted by Crippen LogP contribution is -2.30. The molecule has 0 spiro atoms. The molecule has 0 atom stereocenters. The van der Waals surface area contributed by atoms with Gasteiger partial charge >= 0.3 is 5.97 Å². The van der Waals surface area contributed by atoms with E-state index in [9.17, 15) is 14.4 Å². The number of esters is 1. The van der Waals surface area contributed by atoms with E-state index >= 15 is 0 Å². The maximum absolute atomic E-state index is 12.2. The third-order valence-electron chi connectivity index (χ3n) is 3.31. The van der Waals surface area contributed by atoms with Crippen molar-refractivity contribution in [3.05, 3.63) is 23.8 Å². The predicted octanol–water partition coefficient (Wildman–Crippen LogP) is 3.44. The van der Waals surface area contributed by atoms with Crippen LogP contribution in [0.1, 0.15) is 51.9 Å². The second-order valence-electron chi connectivity index (χ2n) is 7.63. The number of benzene rings is 1. The van der Waals surface area contributed by atoms with Gasteiger partial charge in [-0.1, -0.05) is 47.6 Å². The van der Waals surface area contributed by atoms with Crippen LogP contribution in [0.15, 0.2) is 18.2 Å². The third-order valence-corrected chi connectivity index (χ3v) is 3.31. The first-order valence-corrected chi connectivity index (χ1v) is 7.72. The first-order chi connectivity index (χ1) is 10.9. The minimum absolute atomic E-state index is 0.121. The molecular formula is C18H26N2O4. The van der Waals surface area contributed by atoms with Gasteiger partial charge in [0.2, 0.25) is 11.8 Å². The molecule has 0 aliphatic carbocycles. The van der Waals surface area contributed by atoms with Crippen molar-refractivity contribution in [2.45, 2.75) is 41.5 Å². The number of carbonyl (C=O) groups is 3. The van der Waals surface area contributed by atoms with Gasteiger partial charge in [0.05, 0.1) is 18.5 Å². The fraction of sp³-hybridized carbons (Fsp3) is 0.500. The van der Waals surface area contributed by atoms with E-state index in [1.807, 2.05) is 0 Å². The van der Waals surface area contributed by atoms with E-state index in [2.05, 4.69) is 10.6 Å². The van der Waals surface area contributed by atoms with E-state index in [1.165, 1.54) is 7.11 Å². The standard InChI is InChI=1S/C18H26N2O4/c1-17(2,3)15(22)19-11-9-8-10-12(13(11)14(21)24-7)20-16(23)18(4,5)6/h8-10H,1-7H3,(H,19,22)(H,20,23). The van der Waals surface area contributed by atoms with Gasteiger partial charge in [0.15, 0.2) is 0 Å². The monoisotopic (exact) mass is 334 g/mol. The normalized spacial score (nSPS) is 11.6. The van der Waals surface area contributed by atoms with Crippen molar-refractivity contribution < 1.29 is 19.1 Å². The van der Waals surface area contributed by atoms with Crippen molar-refractivity contribution >= 4 is 29.2 Å². The molecule has 6 heteroatoms. The van der Waals surface area contributed by atoms with Crippen LogP contribution in [0.5, 0.6) is 0 Å². The van der Waals surface area contributed by atoms with Crippen molar-refractivity contribution in [1.29, 1.82) is 0 Å². The molecule has 0 unspecified atom stereocenters. The molecule has 0 aliphatic heterocycles. The van der Waals surface area contributed by atoms with Crippen LogP contribution >= 0.6 is 0 Å². The van der Waals surface area contributed by atoms with Gasteiger partial charge in [0.1, 0.15) is 5.56 Å². The van der Waals surface area contributed by atoms with Crippen LogP contribution < -0.4 is 10.6 Å². The quantitative estimate of drug-likeness (QED) is 0.829. The van der Waals surface area contributed by atoms with Crippen LogP contribution in [0, 0.1) is 10.8 Å². The molecule has 2 N–H and O–H groups in total. The van der Waals surface area contributed by atoms with Crippen molar-refractivity contribution in [1.82, 2.24) is 0 Å². The summed E-state index contributed by atoms with van der Waals surface area (Å²) in [6, 6.07) is 4.86. The van der Waals surface area contributed by atoms with E-state index in [0.717, 1.165) is 0 Å². The zero-order valence-corrected chi connectivity index (χ0v) is 15.4. The molecule has 1 rings (SSSR count). The van der Waals surface area contributed by atoms with Gasteiger partial charge in [-0.05, 0) is 12.1 Å². The molecule has 0 radical (unpaired) electrons. The van der Waals surface area contributed by atoms with E-state index in [4.69, 9.17) is 4.74 Å². The van der Waals surface area contributed by atoms with Crippen molar-refractivity contribution in [2.75, 3.05) is 17.7 Å². The summed E-state index contributed by atoms with van der Waals surface area (Å²) in [5.74, 6) is -1.12. The molecule has 24 heavy (non-hydrogen) atoms. The molecule has 1 aromatic carbocycles. The highest BCUT2D eigenvalue weighted by atomic mass is 16.5. The number of methoxy groups -OCH3 is 1. The van der Waals surface area contributed by atoms with Gasteiger partial charge < -0.3 is 15.4 Å². The second-order valence-corrected chi connectivity index (χ2v) is 7.63. The van der Waals surface area contributed by atoms with E-state index in [1.54, 1.807) is 59.7 Å². The Balaban J connectivity index is 3.31. The van der Waals surface area contributed by atoms with Gasteiger partial charge in [0, 0.05) is 10.8 Å². The minimum Gasteiger partial charge on any atom is -0.465 e. The van der Waals surface area contributed by atoms with E-state index < -0.39 is 16.8 Å². The van der Waals surface area contributed by atoms with E-state index in [0.29, 0.717) is 11.4 Å². The molecule has 0 aliphatic rings. The first-order valence-electron chi connectivity index (χ1n) is 7.72. The fourth-order valence-corrected chi connectivity index (χ4v) is 1.70. The molecule has 0 saturated heterocycles. The molecule has 0 bridgehead atoms. The highest BCUT2D eigenvalue weighted by molar-refractivity contribution is 6.09. The molecule has 0 heterocycles. The SMILES string of the molecule is COC(=O)c1c(NC(=O)C(C)(C)C)cccc1NC(=O)C(C)(C)C. The summed E-state index contributed by atoms with van der Waals surface area (Å²) in [6.45, 7) is 10.6. The second kappa shape index (κ2) is 7.03. The van der Waals surface area contributed by atoms with Gasteiger partial charge in [-0.3, -0.25) is 9.59 Å². The maximum Gasteiger partial charge on any atom is 0.342 e. The lowest BCUT2D eigenvalue weighted by Gasteiger charge is -2.22. The van der Waals surface area contributed by atoms with Crippen molar-refractivity contribution in [3.8, 4) is 0 Å². The Kier molecular flexibility index (Phi) is 5.76. The number of nitrogens with one attached hydrogen (secondary N) is 2. The van der Waals surface area contributed by atoms with Crippen molar-refractivity contribution in [3.63, 3.8) is 0 Å². The third kappa shape index (κ3) is 4.81. The summed E-state index contributed by atoms with van der Waals surface area (Å²) < 4.78 is 4.81. The first kappa shape index (κ1) is 19.7. The number of anilines is 2. The average Bonchev–Trinajstić information content (AvgIpc) is 2.44. The van der Waals surface area contributed by atoms with Crippen LogP contribution in [0.2, 0.25) is 0 Å². The minimum atomic E-state index is -0.635. The molecule has 0 aromatic heterocycles. The van der Waals surface area contributed by atoms with Gasteiger partial charge in [0.25, 0.3) is 0 Å². The highest BCUT2D eigenvalue weighted by Crippen LogP contribution is 2.29. The Hall–Kier alpha value is -2.37. The molecule has 132 valence electrons. The smallest absolute Gasteiger partial charge is 0.342 e. The zero-order valence-electron chi connectivity index (χ0n) is 15.4. The average molecular weight is 334 g/mol. The maximum atomic E-state index is 12.2. The van der Waals surface area contributed by atoms with Crippen LogP contribution in [0.25, 0.3) is 0 Å². The number of hydrogen-bond donors (Lipinski definition) is 2. The Bertz CT molecular complexity index is 606. The van der Waals surface area contributed by atoms with Crippen LogP contribution in [-0.4, -0.2) is 24.9 Å². The number of hydrogen-bond acceptors (Lipinski definition) is 4. The zero-order chi connectivity index (χ0) is 18.7. The molecule has 0 saturated carbocycles. The Morgan fingerprint density at radius 3 is 1.50 bits per heavy atom. The Labute approximate surface area is 143 Å². The fourth-order valence-electron chi connectivity index (χ4n) is 1.70. The van der Waals surface area contributed by atoms with Crippen LogP contribution in [0.3, 0.4) is 0 Å². The largest absolute Gasteiger partial charge is 0.465 e. The van der Waals surface area contributed by atoms with E-state index in [-0.39, 0.29) is 17.4 Å². The Morgan fingerprint density at radius 1 is 0.833 bits per heavy atom. The number of ether oxygens (including phenoxy) is 1. The molecule has 1 aromatic rings. The lowest BCUT2D eigenvalue weighted by molar-refractivity contribution is -0.123. The lowest BCUT2D eigenvalue weighted by atomic mass is 9.94. The summed E-state index contributed by atoms with van der Waals surface area (Å²) in [6.07, 6.45) is 0. The molecule has 6 nitrogen and oxygen atoms in total. The predicted molar refractivity (Wildman–Crippen MR) is 94.0 cm³/mol. The summed E-state index contributed by atoms with van der Waals surface area (Å²) in [7, 11) is 1.25. The van der Waals surface area contributed by atoms with Gasteiger partial charge in [-0.15, -0.1) is 0 Å². The highest BCUT2D eigenvalue weighted by Gasteiger charge is 2.27. The molecule has 0 fully saturated rings. The van der Waals surface area contributed by atoms with Gasteiger partial charge in [-0.2, -0.15) is 0 Å². The Morgan fingerprint density at radius 2 is 1.21 bits per heavy atom. The molecule has 2 amide bonds. The van der Waals surface area contributed by atoms with Crippen LogP contribution in [-0.2, 0) is 14.3 Å². The number of amides is 2. The van der Waals surface area contributed by atoms with Crippen LogP contribution in [0.4, 0.5) is 11.4 Å². The topological polar surface area (TPSA) is 84.5 Å².